The van der Waals surface area contributed by atoms with Gasteiger partial charge in [0.1, 0.15) is 0 Å². The highest BCUT2D eigenvalue weighted by molar-refractivity contribution is 6.36. The predicted octanol–water partition coefficient (Wildman–Crippen LogP) is 4.21. The zero-order chi connectivity index (χ0) is 18.4. The minimum Gasteiger partial charge on any atom is -0.493 e. The minimum absolute atomic E-state index is 0.160. The Morgan fingerprint density at radius 3 is 2.16 bits per heavy atom. The fourth-order valence-electron chi connectivity index (χ4n) is 2.02. The van der Waals surface area contributed by atoms with Crippen molar-refractivity contribution >= 4 is 35.4 Å². The lowest BCUT2D eigenvalue weighted by atomic mass is 10.2. The Labute approximate surface area is 154 Å². The molecule has 0 N–H and O–H groups in total. The van der Waals surface area contributed by atoms with E-state index in [4.69, 9.17) is 42.3 Å². The van der Waals surface area contributed by atoms with Gasteiger partial charge in [0.05, 0.1) is 38.1 Å². The summed E-state index contributed by atoms with van der Waals surface area (Å²) < 4.78 is 15.7. The fraction of sp³-hybridized carbons (Fsp3) is 0.176. The predicted molar refractivity (Wildman–Crippen MR) is 95.6 cm³/mol. The van der Waals surface area contributed by atoms with Crippen LogP contribution in [-0.2, 0) is 4.84 Å². The Kier molecular flexibility index (Phi) is 6.50. The van der Waals surface area contributed by atoms with Crippen LogP contribution >= 0.6 is 23.2 Å². The number of benzene rings is 2. The molecule has 0 aliphatic rings. The van der Waals surface area contributed by atoms with Gasteiger partial charge in [-0.3, -0.25) is 0 Å². The molecule has 2 aromatic carbocycles. The second kappa shape index (κ2) is 8.60. The first-order chi connectivity index (χ1) is 12.0. The maximum absolute atomic E-state index is 12.0. The summed E-state index contributed by atoms with van der Waals surface area (Å²) in [6.45, 7) is 0. The topological polar surface area (TPSA) is 66.4 Å². The number of carbonyl (C=O) groups excluding carboxylic acids is 1. The Bertz CT molecular complexity index is 783. The first-order valence-corrected chi connectivity index (χ1v) is 7.75. The lowest BCUT2D eigenvalue weighted by molar-refractivity contribution is 0.0519. The number of nitrogens with zero attached hydrogens (tertiary/aromatic N) is 1. The number of carbonyl (C=O) groups is 1. The molecule has 0 aromatic heterocycles. The third kappa shape index (κ3) is 4.55. The number of hydrogen-bond acceptors (Lipinski definition) is 6. The third-order valence-electron chi connectivity index (χ3n) is 3.18. The molecule has 0 saturated heterocycles. The quantitative estimate of drug-likeness (QED) is 0.424. The summed E-state index contributed by atoms with van der Waals surface area (Å²) in [7, 11) is 4.51. The molecule has 0 saturated carbocycles. The molecule has 0 bridgehead atoms. The zero-order valence-corrected chi connectivity index (χ0v) is 15.2. The molecule has 0 amide bonds. The normalized spacial score (nSPS) is 10.6. The van der Waals surface area contributed by atoms with E-state index >= 15 is 0 Å². The van der Waals surface area contributed by atoms with E-state index in [1.807, 2.05) is 0 Å². The van der Waals surface area contributed by atoms with Gasteiger partial charge in [0.15, 0.2) is 11.5 Å². The van der Waals surface area contributed by atoms with E-state index in [-0.39, 0.29) is 10.6 Å². The zero-order valence-electron chi connectivity index (χ0n) is 13.7. The number of methoxy groups -OCH3 is 3. The molecule has 0 aliphatic carbocycles. The molecule has 0 radical (unpaired) electrons. The largest absolute Gasteiger partial charge is 0.493 e. The van der Waals surface area contributed by atoms with Crippen molar-refractivity contribution in [2.75, 3.05) is 21.3 Å². The summed E-state index contributed by atoms with van der Waals surface area (Å²) >= 11 is 11.7. The maximum atomic E-state index is 12.0. The van der Waals surface area contributed by atoms with Gasteiger partial charge >= 0.3 is 5.97 Å². The van der Waals surface area contributed by atoms with E-state index in [1.165, 1.54) is 45.7 Å². The lowest BCUT2D eigenvalue weighted by Gasteiger charge is -2.12. The maximum Gasteiger partial charge on any atom is 0.367 e. The average molecular weight is 384 g/mol. The molecule has 0 atom stereocenters. The van der Waals surface area contributed by atoms with Crippen LogP contribution in [-0.4, -0.2) is 33.5 Å². The minimum atomic E-state index is -0.703. The molecule has 0 aliphatic heterocycles. The van der Waals surface area contributed by atoms with Gasteiger partial charge in [-0.2, -0.15) is 0 Å². The molecular formula is C17H15Cl2NO5. The lowest BCUT2D eigenvalue weighted by Crippen LogP contribution is -2.02. The summed E-state index contributed by atoms with van der Waals surface area (Å²) in [5, 5.41) is 4.27. The van der Waals surface area contributed by atoms with Gasteiger partial charge < -0.3 is 19.0 Å². The summed E-state index contributed by atoms with van der Waals surface area (Å²) in [5.74, 6) is 0.656. The number of oxime groups is 1. The number of rotatable bonds is 6. The van der Waals surface area contributed by atoms with E-state index < -0.39 is 5.97 Å². The van der Waals surface area contributed by atoms with Crippen molar-refractivity contribution in [1.82, 2.24) is 0 Å². The highest BCUT2D eigenvalue weighted by Gasteiger charge is 2.14. The van der Waals surface area contributed by atoms with Crippen molar-refractivity contribution in [3.8, 4) is 17.2 Å². The average Bonchev–Trinajstić information content (AvgIpc) is 2.60. The Morgan fingerprint density at radius 2 is 1.64 bits per heavy atom. The molecule has 2 aromatic rings. The molecular weight excluding hydrogens is 369 g/mol. The summed E-state index contributed by atoms with van der Waals surface area (Å²) in [6.07, 6.45) is 1.34. The second-order valence-electron chi connectivity index (χ2n) is 4.70. The summed E-state index contributed by atoms with van der Waals surface area (Å²) in [4.78, 5) is 16.8. The van der Waals surface area contributed by atoms with Crippen molar-refractivity contribution in [2.24, 2.45) is 5.16 Å². The van der Waals surface area contributed by atoms with Crippen molar-refractivity contribution in [3.05, 3.63) is 51.5 Å². The van der Waals surface area contributed by atoms with Gasteiger partial charge in [-0.15, -0.1) is 0 Å². The van der Waals surface area contributed by atoms with Gasteiger partial charge in [0, 0.05) is 10.6 Å². The van der Waals surface area contributed by atoms with Crippen LogP contribution < -0.4 is 14.2 Å². The molecule has 25 heavy (non-hydrogen) atoms. The number of halogens is 2. The Balaban J connectivity index is 2.17. The highest BCUT2D eigenvalue weighted by Crippen LogP contribution is 2.37. The first-order valence-electron chi connectivity index (χ1n) is 7.00. The molecule has 132 valence electrons. The van der Waals surface area contributed by atoms with E-state index in [9.17, 15) is 4.79 Å². The van der Waals surface area contributed by atoms with Gasteiger partial charge in [-0.1, -0.05) is 28.4 Å². The van der Waals surface area contributed by atoms with E-state index in [1.54, 1.807) is 12.1 Å². The number of ether oxygens (including phenoxy) is 3. The molecule has 0 unspecified atom stereocenters. The molecule has 2 rings (SSSR count). The molecule has 0 fully saturated rings. The van der Waals surface area contributed by atoms with Crippen LogP contribution in [0.4, 0.5) is 0 Å². The molecule has 6 nitrogen and oxygen atoms in total. The third-order valence-corrected chi connectivity index (χ3v) is 3.72. The van der Waals surface area contributed by atoms with Crippen molar-refractivity contribution in [1.29, 1.82) is 0 Å². The first kappa shape index (κ1) is 18.9. The molecule has 0 heterocycles. The fourth-order valence-corrected chi connectivity index (χ4v) is 2.50. The van der Waals surface area contributed by atoms with Crippen LogP contribution in [0, 0.1) is 0 Å². The van der Waals surface area contributed by atoms with Gasteiger partial charge in [-0.25, -0.2) is 4.79 Å². The standard InChI is InChI=1S/C17H15Cl2NO5/c1-22-14-6-10(7-15(23-2)16(14)24-3)9-20-25-17(21)12-5-4-11(18)8-13(12)19/h4-9H,1-3H3/b20-9+. The monoisotopic (exact) mass is 383 g/mol. The summed E-state index contributed by atoms with van der Waals surface area (Å²) in [5.41, 5.74) is 0.748. The van der Waals surface area contributed by atoms with Crippen molar-refractivity contribution in [3.63, 3.8) is 0 Å². The summed E-state index contributed by atoms with van der Waals surface area (Å²) in [6, 6.07) is 7.76. The Morgan fingerprint density at radius 1 is 1.00 bits per heavy atom. The van der Waals surface area contributed by atoms with Gasteiger partial charge in [0.25, 0.3) is 0 Å². The van der Waals surface area contributed by atoms with Crippen LogP contribution in [0.15, 0.2) is 35.5 Å². The van der Waals surface area contributed by atoms with Crippen LogP contribution in [0.2, 0.25) is 10.0 Å². The molecule has 8 heteroatoms. The smallest absolute Gasteiger partial charge is 0.367 e. The Hall–Kier alpha value is -2.44. The number of hydrogen-bond donors (Lipinski definition) is 0. The highest BCUT2D eigenvalue weighted by atomic mass is 35.5. The van der Waals surface area contributed by atoms with Crippen LogP contribution in [0.1, 0.15) is 15.9 Å². The van der Waals surface area contributed by atoms with Crippen LogP contribution in [0.5, 0.6) is 17.2 Å². The van der Waals surface area contributed by atoms with Crippen molar-refractivity contribution < 1.29 is 23.8 Å². The van der Waals surface area contributed by atoms with Crippen LogP contribution in [0.3, 0.4) is 0 Å². The van der Waals surface area contributed by atoms with E-state index in [2.05, 4.69) is 5.16 Å². The molecule has 0 spiro atoms. The van der Waals surface area contributed by atoms with Crippen LogP contribution in [0.25, 0.3) is 0 Å². The second-order valence-corrected chi connectivity index (χ2v) is 5.54. The van der Waals surface area contributed by atoms with Crippen molar-refractivity contribution in [2.45, 2.75) is 0 Å². The van der Waals surface area contributed by atoms with Gasteiger partial charge in [0.2, 0.25) is 5.75 Å². The van der Waals surface area contributed by atoms with E-state index in [0.29, 0.717) is 27.8 Å². The SMILES string of the molecule is COc1cc(/C=N/OC(=O)c2ccc(Cl)cc2Cl)cc(OC)c1OC. The van der Waals surface area contributed by atoms with Gasteiger partial charge in [-0.05, 0) is 30.3 Å². The van der Waals surface area contributed by atoms with E-state index in [0.717, 1.165) is 0 Å².